The second-order valence-electron chi connectivity index (χ2n) is 7.54. The van der Waals surface area contributed by atoms with Crippen LogP contribution in [0.5, 0.6) is 0 Å². The molecule has 1 aliphatic rings. The Morgan fingerprint density at radius 3 is 2.19 bits per heavy atom. The summed E-state index contributed by atoms with van der Waals surface area (Å²) < 4.78 is 1.43. The van der Waals surface area contributed by atoms with E-state index in [4.69, 9.17) is 5.73 Å². The molecule has 0 unspecified atom stereocenters. The van der Waals surface area contributed by atoms with Crippen molar-refractivity contribution in [2.24, 2.45) is 16.7 Å². The van der Waals surface area contributed by atoms with Gasteiger partial charge in [0.1, 0.15) is 11.5 Å². The maximum absolute atomic E-state index is 12.1. The van der Waals surface area contributed by atoms with Crippen LogP contribution in [0.1, 0.15) is 41.5 Å². The monoisotopic (exact) mass is 294 g/mol. The van der Waals surface area contributed by atoms with Crippen molar-refractivity contribution in [2.75, 3.05) is 11.1 Å². The maximum Gasteiger partial charge on any atom is 0.330 e. The lowest BCUT2D eigenvalue weighted by molar-refractivity contribution is 0.457. The molecule has 0 aromatic carbocycles. The number of nitrogens with zero attached hydrogens (tertiary/aromatic N) is 1. The molecule has 1 aromatic rings. The molecule has 0 aliphatic heterocycles. The number of hydrogen-bond acceptors (Lipinski definition) is 4. The molecule has 21 heavy (non-hydrogen) atoms. The third-order valence-electron chi connectivity index (χ3n) is 5.10. The van der Waals surface area contributed by atoms with Gasteiger partial charge >= 0.3 is 5.69 Å². The van der Waals surface area contributed by atoms with E-state index in [0.29, 0.717) is 12.2 Å². The van der Waals surface area contributed by atoms with Crippen LogP contribution in [-0.2, 0) is 6.54 Å². The van der Waals surface area contributed by atoms with Gasteiger partial charge in [-0.05, 0) is 16.7 Å². The average molecular weight is 294 g/mol. The summed E-state index contributed by atoms with van der Waals surface area (Å²) in [4.78, 5) is 26.3. The van der Waals surface area contributed by atoms with Gasteiger partial charge in [0, 0.05) is 12.6 Å². The molecule has 0 bridgehead atoms. The topological polar surface area (TPSA) is 92.9 Å². The van der Waals surface area contributed by atoms with Crippen LogP contribution in [0.4, 0.5) is 11.5 Å². The standard InChI is InChI=1S/C15H26N4O2/c1-8(2)7-19-10(16)9(11(20)18-13(19)21)17-12-14(3,4)15(12,5)6/h8,12,17H,7,16H2,1-6H3,(H,18,20,21). The van der Waals surface area contributed by atoms with Crippen LogP contribution >= 0.6 is 0 Å². The number of nitrogens with two attached hydrogens (primary N) is 1. The summed E-state index contributed by atoms with van der Waals surface area (Å²) in [6.07, 6.45) is 0. The lowest BCUT2D eigenvalue weighted by Crippen LogP contribution is -2.35. The summed E-state index contributed by atoms with van der Waals surface area (Å²) in [5, 5.41) is 3.25. The van der Waals surface area contributed by atoms with Crippen molar-refractivity contribution in [1.29, 1.82) is 0 Å². The molecule has 118 valence electrons. The lowest BCUT2D eigenvalue weighted by Gasteiger charge is -2.16. The minimum atomic E-state index is -0.453. The molecule has 6 nitrogen and oxygen atoms in total. The number of aromatic amines is 1. The Bertz CT molecular complexity index is 653. The van der Waals surface area contributed by atoms with Crippen LogP contribution in [0.25, 0.3) is 0 Å². The number of nitrogen functional groups attached to an aromatic ring is 1. The number of aromatic nitrogens is 2. The van der Waals surface area contributed by atoms with E-state index in [1.54, 1.807) is 0 Å². The molecule has 1 aromatic heterocycles. The van der Waals surface area contributed by atoms with E-state index < -0.39 is 11.2 Å². The van der Waals surface area contributed by atoms with Gasteiger partial charge in [-0.2, -0.15) is 0 Å². The highest BCUT2D eigenvalue weighted by atomic mass is 16.2. The van der Waals surface area contributed by atoms with Crippen LogP contribution in [-0.4, -0.2) is 15.6 Å². The van der Waals surface area contributed by atoms with E-state index in [9.17, 15) is 9.59 Å². The minimum Gasteiger partial charge on any atom is -0.383 e. The van der Waals surface area contributed by atoms with E-state index >= 15 is 0 Å². The maximum atomic E-state index is 12.1. The van der Waals surface area contributed by atoms with Crippen LogP contribution in [0.2, 0.25) is 0 Å². The summed E-state index contributed by atoms with van der Waals surface area (Å²) >= 11 is 0. The van der Waals surface area contributed by atoms with Crippen molar-refractivity contribution in [3.8, 4) is 0 Å². The van der Waals surface area contributed by atoms with Crippen molar-refractivity contribution in [3.05, 3.63) is 20.8 Å². The molecule has 0 saturated heterocycles. The van der Waals surface area contributed by atoms with Crippen LogP contribution in [0, 0.1) is 16.7 Å². The van der Waals surface area contributed by atoms with Crippen LogP contribution in [0.3, 0.4) is 0 Å². The van der Waals surface area contributed by atoms with Crippen LogP contribution < -0.4 is 22.3 Å². The Morgan fingerprint density at radius 1 is 1.24 bits per heavy atom. The Balaban J connectivity index is 2.42. The fourth-order valence-electron chi connectivity index (χ4n) is 2.98. The number of hydrogen-bond donors (Lipinski definition) is 3. The first-order chi connectivity index (χ1) is 9.50. The minimum absolute atomic E-state index is 0.0743. The van der Waals surface area contributed by atoms with E-state index in [0.717, 1.165) is 0 Å². The van der Waals surface area contributed by atoms with Gasteiger partial charge in [-0.1, -0.05) is 41.5 Å². The second kappa shape index (κ2) is 4.64. The van der Waals surface area contributed by atoms with Gasteiger partial charge in [0.15, 0.2) is 0 Å². The van der Waals surface area contributed by atoms with Gasteiger partial charge in [-0.25, -0.2) is 4.79 Å². The second-order valence-corrected chi connectivity index (χ2v) is 7.54. The SMILES string of the molecule is CC(C)Cn1c(N)c(NC2C(C)(C)C2(C)C)c(=O)[nH]c1=O. The third kappa shape index (κ3) is 2.36. The highest BCUT2D eigenvalue weighted by Crippen LogP contribution is 2.63. The summed E-state index contributed by atoms with van der Waals surface area (Å²) in [5.74, 6) is 0.480. The third-order valence-corrected chi connectivity index (χ3v) is 5.10. The molecule has 0 radical (unpaired) electrons. The van der Waals surface area contributed by atoms with Crippen molar-refractivity contribution in [2.45, 2.75) is 54.1 Å². The predicted molar refractivity (Wildman–Crippen MR) is 85.5 cm³/mol. The zero-order valence-electron chi connectivity index (χ0n) is 13.7. The summed E-state index contributed by atoms with van der Waals surface area (Å²) in [5.41, 5.74) is 5.62. The van der Waals surface area contributed by atoms with Crippen LogP contribution in [0.15, 0.2) is 9.59 Å². The van der Waals surface area contributed by atoms with E-state index in [1.807, 2.05) is 13.8 Å². The zero-order valence-corrected chi connectivity index (χ0v) is 13.7. The molecule has 1 saturated carbocycles. The van der Waals surface area contributed by atoms with Gasteiger partial charge in [0.2, 0.25) is 0 Å². The molecule has 1 aliphatic carbocycles. The molecule has 0 spiro atoms. The van der Waals surface area contributed by atoms with Crippen molar-refractivity contribution >= 4 is 11.5 Å². The average Bonchev–Trinajstić information content (AvgIpc) is 2.71. The van der Waals surface area contributed by atoms with Gasteiger partial charge in [0.05, 0.1) is 0 Å². The number of anilines is 2. The van der Waals surface area contributed by atoms with Gasteiger partial charge in [-0.3, -0.25) is 14.3 Å². The Kier molecular flexibility index (Phi) is 3.46. The molecular formula is C15H26N4O2. The quantitative estimate of drug-likeness (QED) is 0.786. The number of nitrogens with one attached hydrogen (secondary N) is 2. The summed E-state index contributed by atoms with van der Waals surface area (Å²) in [6, 6.07) is 0.151. The molecule has 1 fully saturated rings. The van der Waals surface area contributed by atoms with Crippen molar-refractivity contribution in [3.63, 3.8) is 0 Å². The normalized spacial score (nSPS) is 19.8. The molecule has 4 N–H and O–H groups in total. The Morgan fingerprint density at radius 2 is 1.76 bits per heavy atom. The summed E-state index contributed by atoms with van der Waals surface area (Å²) in [6.45, 7) is 13.1. The molecule has 0 atom stereocenters. The first kappa shape index (κ1) is 15.7. The van der Waals surface area contributed by atoms with E-state index in [-0.39, 0.29) is 28.6 Å². The molecule has 2 rings (SSSR count). The van der Waals surface area contributed by atoms with Crippen molar-refractivity contribution < 1.29 is 0 Å². The summed E-state index contributed by atoms with van der Waals surface area (Å²) in [7, 11) is 0. The predicted octanol–water partition coefficient (Wildman–Crippen LogP) is 1.62. The lowest BCUT2D eigenvalue weighted by atomic mass is 10.0. The smallest absolute Gasteiger partial charge is 0.330 e. The molecule has 6 heteroatoms. The number of rotatable bonds is 4. The van der Waals surface area contributed by atoms with Gasteiger partial charge in [-0.15, -0.1) is 0 Å². The van der Waals surface area contributed by atoms with E-state index in [1.165, 1.54) is 4.57 Å². The fraction of sp³-hybridized carbons (Fsp3) is 0.733. The highest BCUT2D eigenvalue weighted by Gasteiger charge is 2.65. The molecular weight excluding hydrogens is 268 g/mol. The largest absolute Gasteiger partial charge is 0.383 e. The van der Waals surface area contributed by atoms with Gasteiger partial charge in [0.25, 0.3) is 5.56 Å². The van der Waals surface area contributed by atoms with Gasteiger partial charge < -0.3 is 11.1 Å². The molecule has 1 heterocycles. The first-order valence-electron chi connectivity index (χ1n) is 7.39. The number of H-pyrrole nitrogens is 1. The van der Waals surface area contributed by atoms with E-state index in [2.05, 4.69) is 38.0 Å². The Hall–Kier alpha value is -1.72. The Labute approximate surface area is 124 Å². The van der Waals surface area contributed by atoms with Crippen molar-refractivity contribution in [1.82, 2.24) is 9.55 Å². The molecule has 0 amide bonds. The first-order valence-corrected chi connectivity index (χ1v) is 7.39. The zero-order chi connectivity index (χ0) is 16.2. The fourth-order valence-corrected chi connectivity index (χ4v) is 2.98. The highest BCUT2D eigenvalue weighted by molar-refractivity contribution is 5.62.